The third kappa shape index (κ3) is 4.85. The summed E-state index contributed by atoms with van der Waals surface area (Å²) < 4.78 is 7.56. The van der Waals surface area contributed by atoms with E-state index >= 15 is 0 Å². The third-order valence-corrected chi connectivity index (χ3v) is 6.94. The molecule has 8 heteroatoms. The van der Waals surface area contributed by atoms with E-state index in [9.17, 15) is 9.59 Å². The third-order valence-electron chi connectivity index (χ3n) is 5.53. The predicted molar refractivity (Wildman–Crippen MR) is 146 cm³/mol. The van der Waals surface area contributed by atoms with Gasteiger partial charge >= 0.3 is 6.03 Å². The largest absolute Gasteiger partial charge is 0.487 e. The van der Waals surface area contributed by atoms with E-state index < -0.39 is 11.9 Å². The van der Waals surface area contributed by atoms with Gasteiger partial charge in [0.1, 0.15) is 18.1 Å². The average Bonchev–Trinajstić information content (AvgIpc) is 3.11. The minimum atomic E-state index is -0.531. The Kier molecular flexibility index (Phi) is 6.65. The second kappa shape index (κ2) is 9.85. The maximum Gasteiger partial charge on any atom is 0.333 e. The van der Waals surface area contributed by atoms with Crippen LogP contribution in [0.25, 0.3) is 16.8 Å². The summed E-state index contributed by atoms with van der Waals surface area (Å²) in [5.41, 5.74) is 2.35. The molecule has 3 amide bonds. The number of hydrogen-bond donors (Lipinski definition) is 1. The highest BCUT2D eigenvalue weighted by atomic mass is 79.9. The van der Waals surface area contributed by atoms with Gasteiger partial charge in [0.25, 0.3) is 5.91 Å². The summed E-state index contributed by atoms with van der Waals surface area (Å²) in [7, 11) is 0. The molecule has 35 heavy (non-hydrogen) atoms. The van der Waals surface area contributed by atoms with E-state index in [-0.39, 0.29) is 5.70 Å². The molecule has 5 rings (SSSR count). The van der Waals surface area contributed by atoms with Gasteiger partial charge < -0.3 is 10.1 Å². The lowest BCUT2D eigenvalue weighted by Crippen LogP contribution is -2.30. The number of halogens is 3. The van der Waals surface area contributed by atoms with Gasteiger partial charge in [0.05, 0.1) is 14.6 Å². The standard InChI is InChI=1S/C27H17Br2ClN2O3/c28-22-11-16(13-24-26(33)32(27(34)31-24)20-9-4-8-19(30)14-20)12-23(29)25(22)35-15-18-7-3-6-17-5-1-2-10-21(17)18/h1-14H,15H2,(H,31,34)/b24-13+. The summed E-state index contributed by atoms with van der Waals surface area (Å²) in [5, 5.41) is 5.37. The van der Waals surface area contributed by atoms with Crippen LogP contribution in [-0.2, 0) is 11.4 Å². The van der Waals surface area contributed by atoms with Gasteiger partial charge in [-0.15, -0.1) is 0 Å². The van der Waals surface area contributed by atoms with E-state index in [0.717, 1.165) is 21.2 Å². The normalized spacial score (nSPS) is 14.6. The number of benzene rings is 4. The fourth-order valence-electron chi connectivity index (χ4n) is 3.92. The van der Waals surface area contributed by atoms with Crippen molar-refractivity contribution < 1.29 is 14.3 Å². The summed E-state index contributed by atoms with van der Waals surface area (Å²) in [6, 6.07) is 24.0. The quantitative estimate of drug-likeness (QED) is 0.186. The highest BCUT2D eigenvalue weighted by Crippen LogP contribution is 2.36. The van der Waals surface area contributed by atoms with E-state index in [4.69, 9.17) is 16.3 Å². The first-order valence-corrected chi connectivity index (χ1v) is 12.6. The molecule has 4 aromatic carbocycles. The Balaban J connectivity index is 1.38. The van der Waals surface area contributed by atoms with Crippen LogP contribution in [0.3, 0.4) is 0 Å². The molecule has 1 aliphatic heterocycles. The highest BCUT2D eigenvalue weighted by molar-refractivity contribution is 9.11. The second-order valence-corrected chi connectivity index (χ2v) is 9.99. The summed E-state index contributed by atoms with van der Waals surface area (Å²) in [5.74, 6) is 0.184. The van der Waals surface area contributed by atoms with Crippen LogP contribution >= 0.6 is 43.5 Å². The van der Waals surface area contributed by atoms with Gasteiger partial charge in [-0.1, -0.05) is 60.1 Å². The van der Waals surface area contributed by atoms with Crippen molar-refractivity contribution in [3.63, 3.8) is 0 Å². The monoisotopic (exact) mass is 610 g/mol. The van der Waals surface area contributed by atoms with Gasteiger partial charge in [-0.2, -0.15) is 0 Å². The Hall–Kier alpha value is -3.13. The molecule has 0 unspecified atom stereocenters. The smallest absolute Gasteiger partial charge is 0.333 e. The van der Waals surface area contributed by atoms with E-state index in [2.05, 4.69) is 55.4 Å². The van der Waals surface area contributed by atoms with Crippen molar-refractivity contribution in [2.45, 2.75) is 6.61 Å². The Bertz CT molecular complexity index is 1490. The first-order valence-electron chi connectivity index (χ1n) is 10.6. The maximum atomic E-state index is 12.9. The van der Waals surface area contributed by atoms with Gasteiger partial charge in [0.2, 0.25) is 0 Å². The molecule has 1 heterocycles. The van der Waals surface area contributed by atoms with Crippen molar-refractivity contribution in [3.05, 3.63) is 110 Å². The van der Waals surface area contributed by atoms with Crippen LogP contribution < -0.4 is 15.0 Å². The number of fused-ring (bicyclic) bond motifs is 1. The van der Waals surface area contributed by atoms with Crippen LogP contribution in [0.2, 0.25) is 5.02 Å². The summed E-state index contributed by atoms with van der Waals surface area (Å²) >= 11 is 13.2. The number of amides is 3. The Morgan fingerprint density at radius 2 is 1.63 bits per heavy atom. The molecule has 1 aliphatic rings. The summed E-state index contributed by atoms with van der Waals surface area (Å²) in [4.78, 5) is 26.4. The van der Waals surface area contributed by atoms with Crippen molar-refractivity contribution in [1.29, 1.82) is 0 Å². The van der Waals surface area contributed by atoms with Crippen LogP contribution in [-0.4, -0.2) is 11.9 Å². The van der Waals surface area contributed by atoms with Gasteiger partial charge in [0.15, 0.2) is 0 Å². The molecule has 0 aliphatic carbocycles. The molecule has 174 valence electrons. The molecule has 0 bridgehead atoms. The van der Waals surface area contributed by atoms with Crippen LogP contribution in [0.15, 0.2) is 93.5 Å². The lowest BCUT2D eigenvalue weighted by molar-refractivity contribution is -0.113. The topological polar surface area (TPSA) is 58.6 Å². The Labute approximate surface area is 223 Å². The SMILES string of the molecule is O=C1N/C(=C/c2cc(Br)c(OCc3cccc4ccccc34)c(Br)c2)C(=O)N1c1cccc(Cl)c1. The number of hydrogen-bond acceptors (Lipinski definition) is 3. The molecule has 1 fully saturated rings. The lowest BCUT2D eigenvalue weighted by atomic mass is 10.1. The molecular formula is C27H17Br2ClN2O3. The predicted octanol–water partition coefficient (Wildman–Crippen LogP) is 7.69. The first kappa shape index (κ1) is 23.6. The molecule has 0 aromatic heterocycles. The van der Waals surface area contributed by atoms with Gasteiger partial charge in [0, 0.05) is 5.02 Å². The molecule has 1 N–H and O–H groups in total. The van der Waals surface area contributed by atoms with Crippen molar-refractivity contribution in [3.8, 4) is 5.75 Å². The number of nitrogens with one attached hydrogen (secondary N) is 1. The number of ether oxygens (including phenoxy) is 1. The van der Waals surface area contributed by atoms with Crippen molar-refractivity contribution in [2.24, 2.45) is 0 Å². The zero-order valence-electron chi connectivity index (χ0n) is 18.1. The maximum absolute atomic E-state index is 12.9. The zero-order valence-corrected chi connectivity index (χ0v) is 22.0. The van der Waals surface area contributed by atoms with E-state index in [1.165, 1.54) is 0 Å². The van der Waals surface area contributed by atoms with E-state index in [1.807, 2.05) is 36.4 Å². The molecular weight excluding hydrogens is 596 g/mol. The number of carbonyl (C=O) groups is 2. The number of anilines is 1. The average molecular weight is 613 g/mol. The van der Waals surface area contributed by atoms with Gasteiger partial charge in [-0.25, -0.2) is 9.69 Å². The van der Waals surface area contributed by atoms with Crippen LogP contribution in [0.1, 0.15) is 11.1 Å². The first-order chi connectivity index (χ1) is 16.9. The number of nitrogens with zero attached hydrogens (tertiary/aromatic N) is 1. The molecule has 1 saturated heterocycles. The van der Waals surface area contributed by atoms with Crippen LogP contribution in [0, 0.1) is 0 Å². The number of rotatable bonds is 5. The van der Waals surface area contributed by atoms with Gasteiger partial charge in [-0.05, 0) is 90.2 Å². The lowest BCUT2D eigenvalue weighted by Gasteiger charge is -2.13. The molecule has 0 radical (unpaired) electrons. The number of imide groups is 1. The second-order valence-electron chi connectivity index (χ2n) is 7.85. The van der Waals surface area contributed by atoms with E-state index in [0.29, 0.717) is 37.6 Å². The van der Waals surface area contributed by atoms with Crippen molar-refractivity contribution in [2.75, 3.05) is 4.90 Å². The fraction of sp³-hybridized carbons (Fsp3) is 0.0370. The van der Waals surface area contributed by atoms with Crippen molar-refractivity contribution in [1.82, 2.24) is 5.32 Å². The minimum absolute atomic E-state index is 0.165. The van der Waals surface area contributed by atoms with Crippen LogP contribution in [0.5, 0.6) is 5.75 Å². The highest BCUT2D eigenvalue weighted by Gasteiger charge is 2.35. The summed E-state index contributed by atoms with van der Waals surface area (Å²) in [6.07, 6.45) is 1.62. The van der Waals surface area contributed by atoms with Gasteiger partial charge in [-0.3, -0.25) is 4.79 Å². The zero-order chi connectivity index (χ0) is 24.5. The van der Waals surface area contributed by atoms with E-state index in [1.54, 1.807) is 30.3 Å². The molecule has 0 atom stereocenters. The molecule has 4 aromatic rings. The molecule has 0 spiro atoms. The van der Waals surface area contributed by atoms with Crippen molar-refractivity contribution >= 4 is 77.9 Å². The fourth-order valence-corrected chi connectivity index (χ4v) is 5.56. The minimum Gasteiger partial charge on any atom is -0.487 e. The molecule has 0 saturated carbocycles. The molecule has 5 nitrogen and oxygen atoms in total. The summed E-state index contributed by atoms with van der Waals surface area (Å²) in [6.45, 7) is 0.391. The Morgan fingerprint density at radius 1 is 0.914 bits per heavy atom. The van der Waals surface area contributed by atoms with Crippen LogP contribution in [0.4, 0.5) is 10.5 Å². The number of carbonyl (C=O) groups excluding carboxylic acids is 2. The Morgan fingerprint density at radius 3 is 2.40 bits per heavy atom. The number of urea groups is 1.